The van der Waals surface area contributed by atoms with Gasteiger partial charge in [0.05, 0.1) is 4.92 Å². The summed E-state index contributed by atoms with van der Waals surface area (Å²) in [5.41, 5.74) is 0.0745. The molecule has 0 saturated carbocycles. The highest BCUT2D eigenvalue weighted by atomic mass is 79.9. The Morgan fingerprint density at radius 3 is 2.70 bits per heavy atom. The van der Waals surface area contributed by atoms with E-state index in [-0.39, 0.29) is 10.6 Å². The largest absolute Gasteiger partial charge is 0.351 e. The number of rotatable bonds is 4. The number of piperidine rings is 1. The molecule has 1 aliphatic rings. The number of nitrogens with zero attached hydrogens (tertiary/aromatic N) is 4. The van der Waals surface area contributed by atoms with E-state index >= 15 is 0 Å². The molecule has 0 unspecified atom stereocenters. The lowest BCUT2D eigenvalue weighted by Crippen LogP contribution is -2.37. The van der Waals surface area contributed by atoms with Gasteiger partial charge in [-0.2, -0.15) is 0 Å². The van der Waals surface area contributed by atoms with Crippen LogP contribution in [0.4, 0.5) is 11.5 Å². The van der Waals surface area contributed by atoms with Crippen LogP contribution in [0.3, 0.4) is 0 Å². The van der Waals surface area contributed by atoms with Gasteiger partial charge in [0.25, 0.3) is 0 Å². The second-order valence-corrected chi connectivity index (χ2v) is 6.36. The van der Waals surface area contributed by atoms with E-state index in [1.54, 1.807) is 6.20 Å². The van der Waals surface area contributed by atoms with Crippen molar-refractivity contribution in [2.75, 3.05) is 38.6 Å². The van der Waals surface area contributed by atoms with Gasteiger partial charge in [0.1, 0.15) is 0 Å². The molecule has 1 aromatic heterocycles. The zero-order chi connectivity index (χ0) is 14.7. The third-order valence-corrected chi connectivity index (χ3v) is 3.98. The quantitative estimate of drug-likeness (QED) is 0.621. The molecule has 0 bridgehead atoms. The highest BCUT2D eigenvalue weighted by Gasteiger charge is 2.26. The van der Waals surface area contributed by atoms with Crippen LogP contribution in [-0.2, 0) is 0 Å². The maximum absolute atomic E-state index is 11.1. The van der Waals surface area contributed by atoms with Crippen molar-refractivity contribution in [3.63, 3.8) is 0 Å². The number of hydrogen-bond donors (Lipinski definition) is 0. The van der Waals surface area contributed by atoms with E-state index in [0.29, 0.717) is 16.2 Å². The smallest absolute Gasteiger partial charge is 0.312 e. The first-order chi connectivity index (χ1) is 9.47. The Hall–Kier alpha value is -1.21. The second kappa shape index (κ2) is 6.49. The van der Waals surface area contributed by atoms with Crippen LogP contribution in [0.1, 0.15) is 12.8 Å². The van der Waals surface area contributed by atoms with Crippen LogP contribution in [0.2, 0.25) is 0 Å². The third-order valence-electron chi connectivity index (χ3n) is 3.55. The number of anilines is 1. The summed E-state index contributed by atoms with van der Waals surface area (Å²) in [5.74, 6) is 1.15. The molecular weight excluding hydrogens is 324 g/mol. The highest BCUT2D eigenvalue weighted by molar-refractivity contribution is 9.10. The molecule has 7 heteroatoms. The first kappa shape index (κ1) is 15.2. The summed E-state index contributed by atoms with van der Waals surface area (Å²) >= 11 is 3.23. The molecule has 1 saturated heterocycles. The summed E-state index contributed by atoms with van der Waals surface area (Å²) in [6.07, 6.45) is 3.72. The average molecular weight is 343 g/mol. The van der Waals surface area contributed by atoms with Crippen LogP contribution < -0.4 is 4.90 Å². The standard InChI is InChI=1S/C13H19BrN4O2/c1-16(2)9-10-3-5-17(6-4-10)13-12(18(19)20)7-11(14)8-15-13/h7-8,10H,3-6,9H2,1-2H3. The minimum absolute atomic E-state index is 0.0745. The Kier molecular flexibility index (Phi) is 4.93. The molecular formula is C13H19BrN4O2. The molecule has 0 N–H and O–H groups in total. The number of halogens is 1. The first-order valence-electron chi connectivity index (χ1n) is 6.67. The lowest BCUT2D eigenvalue weighted by Gasteiger charge is -2.33. The Bertz CT molecular complexity index is 487. The normalized spacial score (nSPS) is 16.7. The molecule has 20 heavy (non-hydrogen) atoms. The van der Waals surface area contributed by atoms with Crippen molar-refractivity contribution in [3.05, 3.63) is 26.9 Å². The fourth-order valence-corrected chi connectivity index (χ4v) is 2.96. The van der Waals surface area contributed by atoms with Gasteiger partial charge in [-0.05, 0) is 48.8 Å². The van der Waals surface area contributed by atoms with Gasteiger partial charge in [0.2, 0.25) is 5.82 Å². The van der Waals surface area contributed by atoms with E-state index in [0.717, 1.165) is 32.5 Å². The van der Waals surface area contributed by atoms with Crippen LogP contribution >= 0.6 is 15.9 Å². The molecule has 0 atom stereocenters. The zero-order valence-corrected chi connectivity index (χ0v) is 13.3. The number of pyridine rings is 1. The second-order valence-electron chi connectivity index (χ2n) is 5.45. The van der Waals surface area contributed by atoms with Crippen LogP contribution in [0.5, 0.6) is 0 Å². The predicted octanol–water partition coefficient (Wildman–Crippen LogP) is 2.53. The predicted molar refractivity (Wildman–Crippen MR) is 82.1 cm³/mol. The maximum Gasteiger partial charge on any atom is 0.312 e. The molecule has 1 aromatic rings. The summed E-state index contributed by atoms with van der Waals surface area (Å²) in [7, 11) is 4.15. The van der Waals surface area contributed by atoms with Gasteiger partial charge >= 0.3 is 5.69 Å². The number of aromatic nitrogens is 1. The number of hydrogen-bond acceptors (Lipinski definition) is 5. The molecule has 6 nitrogen and oxygen atoms in total. The van der Waals surface area contributed by atoms with Crippen molar-refractivity contribution >= 4 is 27.4 Å². The first-order valence-corrected chi connectivity index (χ1v) is 7.46. The van der Waals surface area contributed by atoms with Crippen LogP contribution in [0, 0.1) is 16.0 Å². The fraction of sp³-hybridized carbons (Fsp3) is 0.615. The molecule has 1 aliphatic heterocycles. The van der Waals surface area contributed by atoms with E-state index in [1.807, 2.05) is 4.90 Å². The van der Waals surface area contributed by atoms with Gasteiger partial charge in [-0.15, -0.1) is 0 Å². The molecule has 2 heterocycles. The van der Waals surface area contributed by atoms with Crippen LogP contribution in [0.25, 0.3) is 0 Å². The minimum Gasteiger partial charge on any atom is -0.351 e. The summed E-state index contributed by atoms with van der Waals surface area (Å²) in [6.45, 7) is 2.73. The van der Waals surface area contributed by atoms with Crippen molar-refractivity contribution in [1.29, 1.82) is 0 Å². The Morgan fingerprint density at radius 1 is 1.50 bits per heavy atom. The van der Waals surface area contributed by atoms with E-state index in [9.17, 15) is 10.1 Å². The topological polar surface area (TPSA) is 62.5 Å². The maximum atomic E-state index is 11.1. The Labute approximate surface area is 127 Å². The van der Waals surface area contributed by atoms with Gasteiger partial charge in [0, 0.05) is 36.4 Å². The highest BCUT2D eigenvalue weighted by Crippen LogP contribution is 2.31. The fourth-order valence-electron chi connectivity index (χ4n) is 2.64. The average Bonchev–Trinajstić information content (AvgIpc) is 2.39. The van der Waals surface area contributed by atoms with E-state index in [2.05, 4.69) is 39.9 Å². The van der Waals surface area contributed by atoms with Crippen molar-refractivity contribution in [3.8, 4) is 0 Å². The van der Waals surface area contributed by atoms with Crippen molar-refractivity contribution in [1.82, 2.24) is 9.88 Å². The molecule has 0 aromatic carbocycles. The Balaban J connectivity index is 2.09. The summed E-state index contributed by atoms with van der Waals surface area (Å²) in [4.78, 5) is 19.2. The lowest BCUT2D eigenvalue weighted by atomic mass is 9.96. The lowest BCUT2D eigenvalue weighted by molar-refractivity contribution is -0.384. The molecule has 0 spiro atoms. The van der Waals surface area contributed by atoms with E-state index in [4.69, 9.17) is 0 Å². The SMILES string of the molecule is CN(C)CC1CCN(c2ncc(Br)cc2[N+](=O)[O-])CC1. The monoisotopic (exact) mass is 342 g/mol. The molecule has 0 radical (unpaired) electrons. The number of nitro groups is 1. The summed E-state index contributed by atoms with van der Waals surface area (Å²) in [5, 5.41) is 11.1. The zero-order valence-electron chi connectivity index (χ0n) is 11.8. The van der Waals surface area contributed by atoms with Gasteiger partial charge in [-0.3, -0.25) is 10.1 Å². The molecule has 0 amide bonds. The van der Waals surface area contributed by atoms with Crippen LogP contribution in [0.15, 0.2) is 16.7 Å². The van der Waals surface area contributed by atoms with Crippen molar-refractivity contribution in [2.45, 2.75) is 12.8 Å². The third kappa shape index (κ3) is 3.67. The van der Waals surface area contributed by atoms with Crippen molar-refractivity contribution < 1.29 is 4.92 Å². The summed E-state index contributed by atoms with van der Waals surface area (Å²) < 4.78 is 0.635. The molecule has 2 rings (SSSR count). The van der Waals surface area contributed by atoms with Gasteiger partial charge in [-0.25, -0.2) is 4.98 Å². The van der Waals surface area contributed by atoms with Gasteiger partial charge in [0.15, 0.2) is 0 Å². The Morgan fingerprint density at radius 2 is 2.15 bits per heavy atom. The summed E-state index contributed by atoms with van der Waals surface area (Å²) in [6, 6.07) is 1.52. The van der Waals surface area contributed by atoms with Gasteiger partial charge < -0.3 is 9.80 Å². The minimum atomic E-state index is -0.362. The van der Waals surface area contributed by atoms with E-state index < -0.39 is 0 Å². The van der Waals surface area contributed by atoms with Gasteiger partial charge in [-0.1, -0.05) is 0 Å². The van der Waals surface area contributed by atoms with E-state index in [1.165, 1.54) is 6.07 Å². The van der Waals surface area contributed by atoms with Crippen molar-refractivity contribution in [2.24, 2.45) is 5.92 Å². The molecule has 110 valence electrons. The molecule has 1 fully saturated rings. The van der Waals surface area contributed by atoms with Crippen LogP contribution in [-0.4, -0.2) is 48.5 Å². The molecule has 0 aliphatic carbocycles.